The predicted octanol–water partition coefficient (Wildman–Crippen LogP) is 3.07. The summed E-state index contributed by atoms with van der Waals surface area (Å²) >= 11 is 0. The van der Waals surface area contributed by atoms with Crippen molar-refractivity contribution in [2.75, 3.05) is 13.1 Å². The summed E-state index contributed by atoms with van der Waals surface area (Å²) in [6, 6.07) is 10.1. The minimum atomic E-state index is -0.00156. The Morgan fingerprint density at radius 1 is 1.26 bits per heavy atom. The normalized spacial score (nSPS) is 17.0. The number of amides is 1. The number of fused-ring (bicyclic) bond motifs is 1. The summed E-state index contributed by atoms with van der Waals surface area (Å²) in [6.07, 6.45) is 6.51. The van der Waals surface area contributed by atoms with Crippen molar-refractivity contribution in [3.8, 4) is 11.3 Å². The Balaban J connectivity index is 1.84. The molecular formula is C21H25N5O. The third-order valence-electron chi connectivity index (χ3n) is 5.18. The van der Waals surface area contributed by atoms with Crippen LogP contribution in [0.1, 0.15) is 36.5 Å². The number of hydrogen-bond acceptors (Lipinski definition) is 4. The van der Waals surface area contributed by atoms with Crippen LogP contribution in [0.3, 0.4) is 0 Å². The molecule has 3 aromatic rings. The molecule has 140 valence electrons. The molecule has 0 spiro atoms. The first-order chi connectivity index (χ1) is 13.2. The minimum Gasteiger partial charge on any atom is -0.337 e. The van der Waals surface area contributed by atoms with E-state index in [4.69, 9.17) is 5.73 Å². The number of imidazole rings is 1. The number of carbonyl (C=O) groups excluding carboxylic acids is 1. The van der Waals surface area contributed by atoms with E-state index in [1.165, 1.54) is 0 Å². The van der Waals surface area contributed by atoms with E-state index < -0.39 is 0 Å². The summed E-state index contributed by atoms with van der Waals surface area (Å²) in [5.74, 6) is -0.00156. The molecule has 1 aliphatic heterocycles. The van der Waals surface area contributed by atoms with Gasteiger partial charge in [-0.05, 0) is 12.8 Å². The molecule has 3 heterocycles. The first-order valence-corrected chi connectivity index (χ1v) is 9.63. The molecule has 0 aliphatic carbocycles. The highest BCUT2D eigenvalue weighted by Gasteiger charge is 2.28. The van der Waals surface area contributed by atoms with Gasteiger partial charge in [-0.2, -0.15) is 0 Å². The van der Waals surface area contributed by atoms with Crippen molar-refractivity contribution in [2.24, 2.45) is 5.73 Å². The first kappa shape index (κ1) is 17.7. The molecule has 2 aromatic heterocycles. The molecule has 6 heteroatoms. The van der Waals surface area contributed by atoms with Gasteiger partial charge in [0, 0.05) is 37.4 Å². The van der Waals surface area contributed by atoms with Gasteiger partial charge in [0.05, 0.1) is 23.1 Å². The molecule has 1 aromatic carbocycles. The molecule has 1 amide bonds. The predicted molar refractivity (Wildman–Crippen MR) is 106 cm³/mol. The van der Waals surface area contributed by atoms with Crippen LogP contribution in [-0.2, 0) is 6.54 Å². The van der Waals surface area contributed by atoms with E-state index in [-0.39, 0.29) is 11.9 Å². The Morgan fingerprint density at radius 3 is 2.78 bits per heavy atom. The van der Waals surface area contributed by atoms with Crippen LogP contribution in [-0.4, -0.2) is 44.5 Å². The molecule has 1 unspecified atom stereocenters. The van der Waals surface area contributed by atoms with Gasteiger partial charge in [-0.3, -0.25) is 9.78 Å². The largest absolute Gasteiger partial charge is 0.337 e. The van der Waals surface area contributed by atoms with E-state index in [9.17, 15) is 4.79 Å². The second-order valence-corrected chi connectivity index (χ2v) is 7.18. The highest BCUT2D eigenvalue weighted by Crippen LogP contribution is 2.29. The van der Waals surface area contributed by atoms with E-state index in [0.29, 0.717) is 18.7 Å². The number of carbonyl (C=O) groups is 1. The number of likely N-dealkylation sites (tertiary alicyclic amines) is 1. The molecule has 6 nitrogen and oxygen atoms in total. The SMILES string of the molecule is CCCCn1cnc2c(-c3ccccc3)ncc(C(=O)N3CCC(N)C3)c21. The van der Waals surface area contributed by atoms with Crippen molar-refractivity contribution >= 4 is 16.9 Å². The molecule has 1 fully saturated rings. The summed E-state index contributed by atoms with van der Waals surface area (Å²) in [6.45, 7) is 4.30. The molecule has 2 N–H and O–H groups in total. The van der Waals surface area contributed by atoms with Crippen LogP contribution in [0.2, 0.25) is 0 Å². The van der Waals surface area contributed by atoms with Crippen molar-refractivity contribution < 1.29 is 4.79 Å². The number of benzene rings is 1. The average molecular weight is 363 g/mol. The monoisotopic (exact) mass is 363 g/mol. The third-order valence-corrected chi connectivity index (χ3v) is 5.18. The standard InChI is InChI=1S/C21H25N5O/c1-2-3-10-26-14-24-19-18(15-7-5-4-6-8-15)23-12-17(20(19)26)21(27)25-11-9-16(22)13-25/h4-8,12,14,16H,2-3,9-11,13,22H2,1H3. The van der Waals surface area contributed by atoms with E-state index >= 15 is 0 Å². The smallest absolute Gasteiger partial charge is 0.257 e. The first-order valence-electron chi connectivity index (χ1n) is 9.63. The van der Waals surface area contributed by atoms with Crippen molar-refractivity contribution in [1.29, 1.82) is 0 Å². The van der Waals surface area contributed by atoms with Gasteiger partial charge in [-0.25, -0.2) is 4.98 Å². The molecule has 4 rings (SSSR count). The molecule has 0 saturated carbocycles. The topological polar surface area (TPSA) is 77.0 Å². The maximum atomic E-state index is 13.2. The number of hydrogen-bond donors (Lipinski definition) is 1. The number of nitrogens with two attached hydrogens (primary N) is 1. The highest BCUT2D eigenvalue weighted by atomic mass is 16.2. The number of unbranched alkanes of at least 4 members (excludes halogenated alkanes) is 1. The Kier molecular flexibility index (Phi) is 4.90. The second kappa shape index (κ2) is 7.48. The van der Waals surface area contributed by atoms with Gasteiger partial charge in [0.25, 0.3) is 5.91 Å². The summed E-state index contributed by atoms with van der Waals surface area (Å²) < 4.78 is 2.09. The van der Waals surface area contributed by atoms with Crippen LogP contribution < -0.4 is 5.73 Å². The molecule has 0 radical (unpaired) electrons. The van der Waals surface area contributed by atoms with Crippen molar-refractivity contribution in [3.05, 3.63) is 48.4 Å². The number of aromatic nitrogens is 3. The van der Waals surface area contributed by atoms with Gasteiger partial charge >= 0.3 is 0 Å². The Hall–Kier alpha value is -2.73. The molecule has 0 bridgehead atoms. The fourth-order valence-corrected chi connectivity index (χ4v) is 3.69. The minimum absolute atomic E-state index is 0.00156. The lowest BCUT2D eigenvalue weighted by Crippen LogP contribution is -2.32. The van der Waals surface area contributed by atoms with Crippen molar-refractivity contribution in [3.63, 3.8) is 0 Å². The summed E-state index contributed by atoms with van der Waals surface area (Å²) in [7, 11) is 0. The van der Waals surface area contributed by atoms with Crippen molar-refractivity contribution in [2.45, 2.75) is 38.8 Å². The Bertz CT molecular complexity index is 950. The highest BCUT2D eigenvalue weighted by molar-refractivity contribution is 6.07. The van der Waals surface area contributed by atoms with E-state index in [1.807, 2.05) is 41.6 Å². The molecule has 1 aliphatic rings. The van der Waals surface area contributed by atoms with E-state index in [2.05, 4.69) is 21.5 Å². The van der Waals surface area contributed by atoms with Gasteiger partial charge in [-0.15, -0.1) is 0 Å². The number of pyridine rings is 1. The van der Waals surface area contributed by atoms with Crippen LogP contribution in [0.5, 0.6) is 0 Å². The summed E-state index contributed by atoms with van der Waals surface area (Å²) in [5, 5.41) is 0. The van der Waals surface area contributed by atoms with E-state index in [0.717, 1.165) is 48.1 Å². The molecule has 1 saturated heterocycles. The van der Waals surface area contributed by atoms with Crippen LogP contribution >= 0.6 is 0 Å². The van der Waals surface area contributed by atoms with Gasteiger partial charge in [0.1, 0.15) is 5.52 Å². The maximum absolute atomic E-state index is 13.2. The number of nitrogens with zero attached hydrogens (tertiary/aromatic N) is 4. The zero-order chi connectivity index (χ0) is 18.8. The zero-order valence-electron chi connectivity index (χ0n) is 15.6. The fourth-order valence-electron chi connectivity index (χ4n) is 3.69. The quantitative estimate of drug-likeness (QED) is 0.756. The third kappa shape index (κ3) is 3.32. The average Bonchev–Trinajstić information content (AvgIpc) is 3.32. The molecule has 1 atom stereocenters. The lowest BCUT2D eigenvalue weighted by Gasteiger charge is -2.17. The number of rotatable bonds is 5. The van der Waals surface area contributed by atoms with Crippen LogP contribution in [0, 0.1) is 0 Å². The van der Waals surface area contributed by atoms with Crippen LogP contribution in [0.4, 0.5) is 0 Å². The molecule has 27 heavy (non-hydrogen) atoms. The Labute approximate surface area is 159 Å². The van der Waals surface area contributed by atoms with Gasteiger partial charge in [0.2, 0.25) is 0 Å². The van der Waals surface area contributed by atoms with Gasteiger partial charge < -0.3 is 15.2 Å². The summed E-state index contributed by atoms with van der Waals surface area (Å²) in [5.41, 5.74) is 10.1. The second-order valence-electron chi connectivity index (χ2n) is 7.18. The van der Waals surface area contributed by atoms with Crippen LogP contribution in [0.25, 0.3) is 22.3 Å². The van der Waals surface area contributed by atoms with E-state index in [1.54, 1.807) is 6.20 Å². The zero-order valence-corrected chi connectivity index (χ0v) is 15.6. The number of aryl methyl sites for hydroxylation is 1. The van der Waals surface area contributed by atoms with Crippen molar-refractivity contribution in [1.82, 2.24) is 19.4 Å². The lowest BCUT2D eigenvalue weighted by atomic mass is 10.1. The van der Waals surface area contributed by atoms with Gasteiger partial charge in [0.15, 0.2) is 0 Å². The Morgan fingerprint density at radius 2 is 2.07 bits per heavy atom. The van der Waals surface area contributed by atoms with Gasteiger partial charge in [-0.1, -0.05) is 43.7 Å². The molecular weight excluding hydrogens is 338 g/mol. The maximum Gasteiger partial charge on any atom is 0.257 e. The summed E-state index contributed by atoms with van der Waals surface area (Å²) in [4.78, 5) is 24.3. The van der Waals surface area contributed by atoms with Crippen LogP contribution in [0.15, 0.2) is 42.9 Å². The fraction of sp³-hybridized carbons (Fsp3) is 0.381. The lowest BCUT2D eigenvalue weighted by molar-refractivity contribution is 0.0792.